The van der Waals surface area contributed by atoms with Crippen LogP contribution < -0.4 is 0 Å². The molecule has 2 atom stereocenters. The summed E-state index contributed by atoms with van der Waals surface area (Å²) in [7, 11) is 7.17. The number of thiocarbonyl (C=S) groups is 2. The summed E-state index contributed by atoms with van der Waals surface area (Å²) in [4.78, 5) is 6.07. The lowest BCUT2D eigenvalue weighted by Crippen LogP contribution is -2.53. The van der Waals surface area contributed by atoms with Gasteiger partial charge in [-0.05, 0) is 35.1 Å². The molecule has 0 amide bonds. The van der Waals surface area contributed by atoms with Crippen molar-refractivity contribution in [1.82, 2.24) is 9.80 Å². The third-order valence-corrected chi connectivity index (χ3v) is 19.9. The second kappa shape index (κ2) is 24.5. The van der Waals surface area contributed by atoms with Crippen molar-refractivity contribution < 1.29 is 26.6 Å². The van der Waals surface area contributed by atoms with Crippen LogP contribution in [0.5, 0.6) is 0 Å². The van der Waals surface area contributed by atoms with Crippen molar-refractivity contribution in [2.75, 3.05) is 54.2 Å². The van der Waals surface area contributed by atoms with Crippen molar-refractivity contribution >= 4 is 73.6 Å². The van der Waals surface area contributed by atoms with Gasteiger partial charge < -0.3 is 36.4 Å². The van der Waals surface area contributed by atoms with Crippen molar-refractivity contribution in [3.8, 4) is 0 Å². The molecule has 8 nitrogen and oxygen atoms in total. The molecule has 2 unspecified atom stereocenters. The van der Waals surface area contributed by atoms with Crippen LogP contribution in [0.1, 0.15) is 35.1 Å². The number of nitrogens with zero attached hydrogens (tertiary/aromatic N) is 2. The fourth-order valence-corrected chi connectivity index (χ4v) is 15.4. The molecule has 4 aromatic rings. The highest BCUT2D eigenvalue weighted by atomic mass is 33.1. The highest BCUT2D eigenvalue weighted by Crippen LogP contribution is 2.38. The summed E-state index contributed by atoms with van der Waals surface area (Å²) in [6, 6.07) is 41.6. The number of benzene rings is 4. The maximum atomic E-state index is 6.35. The van der Waals surface area contributed by atoms with Gasteiger partial charge in [0.15, 0.2) is 0 Å². The Labute approximate surface area is 355 Å². The van der Waals surface area contributed by atoms with Crippen LogP contribution in [0.2, 0.25) is 11.1 Å². The summed E-state index contributed by atoms with van der Waals surface area (Å²) in [5, 5.41) is 0. The van der Waals surface area contributed by atoms with Gasteiger partial charge in [0.2, 0.25) is 0 Å². The van der Waals surface area contributed by atoms with E-state index < -0.39 is 17.6 Å². The average Bonchev–Trinajstić information content (AvgIpc) is 3.25. The minimum absolute atomic E-state index is 0.238. The monoisotopic (exact) mass is 868 g/mol. The molecule has 0 aliphatic carbocycles. The molecule has 0 saturated carbocycles. The van der Waals surface area contributed by atoms with Gasteiger partial charge in [0.25, 0.3) is 0 Å². The minimum Gasteiger partial charge on any atom is -0.376 e. The zero-order valence-corrected chi connectivity index (χ0v) is 38.6. The van der Waals surface area contributed by atoms with Crippen LogP contribution in [-0.2, 0) is 52.7 Å². The number of rotatable bonds is 25. The quantitative estimate of drug-likeness (QED) is 0.0276. The number of hydrogen-bond donors (Lipinski definition) is 0. The predicted octanol–water partition coefficient (Wildman–Crippen LogP) is 9.70. The fraction of sp³-hybridized carbons (Fsp3) is 0.381. The van der Waals surface area contributed by atoms with Crippen molar-refractivity contribution in [3.05, 3.63) is 144 Å². The average molecular weight is 869 g/mol. The molecule has 0 spiro atoms. The van der Waals surface area contributed by atoms with Crippen LogP contribution in [0.4, 0.5) is 0 Å². The molecule has 0 heterocycles. The molecule has 0 aliphatic heterocycles. The maximum Gasteiger partial charge on any atom is 0.510 e. The topological polar surface area (TPSA) is 61.9 Å². The summed E-state index contributed by atoms with van der Waals surface area (Å²) >= 11 is 12.7. The van der Waals surface area contributed by atoms with Gasteiger partial charge in [-0.3, -0.25) is 0 Å². The van der Waals surface area contributed by atoms with Gasteiger partial charge in [-0.2, -0.15) is 0 Å². The van der Waals surface area contributed by atoms with E-state index in [2.05, 4.69) is 107 Å². The van der Waals surface area contributed by atoms with E-state index in [1.807, 2.05) is 24.3 Å². The fourth-order valence-electron chi connectivity index (χ4n) is 6.79. The van der Waals surface area contributed by atoms with Gasteiger partial charge in [-0.15, -0.1) is 0 Å². The smallest absolute Gasteiger partial charge is 0.376 e. The lowest BCUT2D eigenvalue weighted by Gasteiger charge is -2.37. The summed E-state index contributed by atoms with van der Waals surface area (Å²) in [5.74, 6) is 1.60. The van der Waals surface area contributed by atoms with Gasteiger partial charge in [-0.25, -0.2) is 0 Å². The SMILES string of the molecule is CO[Si](OC)(OC)C(CCSSCCC(C(=S)N(Cc1ccccc1)Cc1ccccc1)[Si](OC)(OC)OC)C(=S)N(Cc1ccccc1)Cc1ccccc1. The lowest BCUT2D eigenvalue weighted by molar-refractivity contribution is 0.116. The molecular weight excluding hydrogens is 813 g/mol. The summed E-state index contributed by atoms with van der Waals surface area (Å²) in [5.41, 5.74) is 4.23. The molecule has 0 aliphatic rings. The highest BCUT2D eigenvalue weighted by Gasteiger charge is 2.51. The van der Waals surface area contributed by atoms with Crippen LogP contribution in [0.15, 0.2) is 121 Å². The third kappa shape index (κ3) is 13.0. The second-order valence-corrected chi connectivity index (χ2v) is 22.9. The van der Waals surface area contributed by atoms with Gasteiger partial charge in [0.05, 0.1) is 21.1 Å². The van der Waals surface area contributed by atoms with Crippen molar-refractivity contribution in [1.29, 1.82) is 0 Å². The Morgan fingerprint density at radius 2 is 0.679 bits per heavy atom. The molecule has 0 radical (unpaired) electrons. The van der Waals surface area contributed by atoms with Crippen molar-refractivity contribution in [2.45, 2.75) is 50.1 Å². The first-order valence-corrected chi connectivity index (χ1v) is 25.5. The standard InChI is InChI=1S/C42H56N2O6S4Si2/c1-45-55(46-2,47-3)39(41(51)43(31-35-19-11-7-12-20-35)32-36-21-13-8-14-22-36)27-29-53-54-30-28-40(56(48-4,49-5)50-6)42(52)44(33-37-23-15-9-16-24-37)34-38-25-17-10-18-26-38/h7-26,39-40H,27-34H2,1-6H3. The van der Waals surface area contributed by atoms with Crippen molar-refractivity contribution in [2.24, 2.45) is 0 Å². The molecule has 4 aromatic carbocycles. The second-order valence-electron chi connectivity index (χ2n) is 13.1. The molecule has 0 saturated heterocycles. The lowest BCUT2D eigenvalue weighted by atomic mass is 10.1. The minimum atomic E-state index is -3.20. The normalized spacial score (nSPS) is 12.9. The van der Waals surface area contributed by atoms with Gasteiger partial charge in [0, 0.05) is 80.3 Å². The molecule has 0 fully saturated rings. The predicted molar refractivity (Wildman–Crippen MR) is 245 cm³/mol. The Morgan fingerprint density at radius 3 is 0.893 bits per heavy atom. The van der Waals surface area contributed by atoms with Crippen molar-refractivity contribution in [3.63, 3.8) is 0 Å². The zero-order valence-electron chi connectivity index (χ0n) is 33.3. The van der Waals surface area contributed by atoms with E-state index in [-0.39, 0.29) is 11.1 Å². The molecular formula is C42H56N2O6S4Si2. The Morgan fingerprint density at radius 1 is 0.446 bits per heavy atom. The van der Waals surface area contributed by atoms with Crippen LogP contribution in [-0.4, -0.2) is 91.6 Å². The third-order valence-electron chi connectivity index (χ3n) is 9.71. The first kappa shape index (κ1) is 46.2. The van der Waals surface area contributed by atoms with Gasteiger partial charge in [0.1, 0.15) is 0 Å². The maximum absolute atomic E-state index is 6.35. The largest absolute Gasteiger partial charge is 0.510 e. The van der Waals surface area contributed by atoms with Gasteiger partial charge in [-0.1, -0.05) is 167 Å². The van der Waals surface area contributed by atoms with E-state index in [4.69, 9.17) is 51.0 Å². The molecule has 4 rings (SSSR count). The van der Waals surface area contributed by atoms with Gasteiger partial charge >= 0.3 is 17.6 Å². The molecule has 14 heteroatoms. The molecule has 56 heavy (non-hydrogen) atoms. The molecule has 0 bridgehead atoms. The summed E-state index contributed by atoms with van der Waals surface area (Å²) < 4.78 is 36.6. The van der Waals surface area contributed by atoms with Crippen LogP contribution >= 0.6 is 46.0 Å². The number of hydrogen-bond acceptors (Lipinski definition) is 10. The van der Waals surface area contributed by atoms with Crippen LogP contribution in [0.3, 0.4) is 0 Å². The molecule has 0 N–H and O–H groups in total. The Kier molecular flexibility index (Phi) is 20.2. The Hall–Kier alpha value is -2.45. The summed E-state index contributed by atoms with van der Waals surface area (Å²) in [6.45, 7) is 2.63. The molecule has 302 valence electrons. The summed E-state index contributed by atoms with van der Waals surface area (Å²) in [6.07, 6.45) is 1.43. The van der Waals surface area contributed by atoms with E-state index in [9.17, 15) is 0 Å². The van der Waals surface area contributed by atoms with Crippen LogP contribution in [0, 0.1) is 0 Å². The van der Waals surface area contributed by atoms with E-state index in [1.54, 1.807) is 64.2 Å². The Bertz CT molecular complexity index is 1490. The van der Waals surface area contributed by atoms with E-state index >= 15 is 0 Å². The molecule has 0 aromatic heterocycles. The first-order valence-electron chi connectivity index (χ1n) is 18.6. The van der Waals surface area contributed by atoms with Crippen LogP contribution in [0.25, 0.3) is 0 Å². The van der Waals surface area contributed by atoms with E-state index in [0.29, 0.717) is 26.2 Å². The Balaban J connectivity index is 1.50. The zero-order chi connectivity index (χ0) is 40.2. The first-order chi connectivity index (χ1) is 27.3. The van der Waals surface area contributed by atoms with E-state index in [1.165, 1.54) is 22.3 Å². The van der Waals surface area contributed by atoms with E-state index in [0.717, 1.165) is 34.3 Å². The highest BCUT2D eigenvalue weighted by molar-refractivity contribution is 8.76.